The molecule has 0 radical (unpaired) electrons. The molecule has 0 amide bonds. The van der Waals surface area contributed by atoms with Crippen LogP contribution in [-0.4, -0.2) is 41.7 Å². The summed E-state index contributed by atoms with van der Waals surface area (Å²) < 4.78 is 5.41. The van der Waals surface area contributed by atoms with Gasteiger partial charge in [-0.2, -0.15) is 0 Å². The Kier molecular flexibility index (Phi) is 7.21. The molecule has 0 aliphatic rings. The highest BCUT2D eigenvalue weighted by atomic mass is 16.5. The van der Waals surface area contributed by atoms with Gasteiger partial charge in [-0.15, -0.1) is 0 Å². The molecule has 3 N–H and O–H groups in total. The van der Waals surface area contributed by atoms with Gasteiger partial charge in [-0.25, -0.2) is 0 Å². The van der Waals surface area contributed by atoms with Gasteiger partial charge in [0.15, 0.2) is 0 Å². The van der Waals surface area contributed by atoms with Crippen LogP contribution in [-0.2, 0) is 4.74 Å². The maximum Gasteiger partial charge on any atom is 0.125 e. The van der Waals surface area contributed by atoms with Crippen LogP contribution in [0.3, 0.4) is 0 Å². The van der Waals surface area contributed by atoms with E-state index >= 15 is 0 Å². The van der Waals surface area contributed by atoms with Crippen molar-refractivity contribution in [1.82, 2.24) is 0 Å². The molecule has 0 heterocycles. The number of aliphatic hydroxyl groups is 3. The van der Waals surface area contributed by atoms with E-state index in [9.17, 15) is 0 Å². The molecule has 0 aromatic heterocycles. The third-order valence-electron chi connectivity index (χ3n) is 2.45. The first kappa shape index (κ1) is 15.6. The largest absolute Gasteiger partial charge is 0.492 e. The van der Waals surface area contributed by atoms with E-state index in [2.05, 4.69) is 19.7 Å². The Morgan fingerprint density at radius 1 is 0.941 bits per heavy atom. The lowest BCUT2D eigenvalue weighted by molar-refractivity contribution is -0.0406. The van der Waals surface area contributed by atoms with Gasteiger partial charge in [-0.05, 0) is 6.08 Å². The van der Waals surface area contributed by atoms with E-state index in [0.29, 0.717) is 11.3 Å². The molecule has 0 aliphatic heterocycles. The second-order valence-corrected chi connectivity index (χ2v) is 3.69. The minimum absolute atomic E-state index is 0.0248. The van der Waals surface area contributed by atoms with E-state index < -0.39 is 5.41 Å². The normalized spacial score (nSPS) is 10.5. The SMILES string of the molecule is C=CC(C=C)=C(C=C)OCC(CO)(CO)CO. The van der Waals surface area contributed by atoms with E-state index in [0.717, 1.165) is 0 Å². The van der Waals surface area contributed by atoms with Gasteiger partial charge in [0.1, 0.15) is 12.4 Å². The Morgan fingerprint density at radius 2 is 1.41 bits per heavy atom. The van der Waals surface area contributed by atoms with Crippen molar-refractivity contribution in [3.05, 3.63) is 49.3 Å². The minimum Gasteiger partial charge on any atom is -0.492 e. The molecule has 4 heteroatoms. The van der Waals surface area contributed by atoms with E-state index in [1.165, 1.54) is 6.08 Å². The molecule has 17 heavy (non-hydrogen) atoms. The molecule has 0 saturated heterocycles. The lowest BCUT2D eigenvalue weighted by Gasteiger charge is -2.27. The average molecular weight is 240 g/mol. The van der Waals surface area contributed by atoms with Gasteiger partial charge in [-0.1, -0.05) is 31.9 Å². The highest BCUT2D eigenvalue weighted by Crippen LogP contribution is 2.19. The Bertz CT molecular complexity index is 282. The van der Waals surface area contributed by atoms with Crippen LogP contribution in [0, 0.1) is 5.41 Å². The molecule has 0 unspecified atom stereocenters. The maximum atomic E-state index is 9.13. The molecule has 0 rings (SSSR count). The molecular formula is C13H20O4. The first-order valence-corrected chi connectivity index (χ1v) is 5.20. The standard InChI is InChI=1S/C13H20O4/c1-4-11(5-2)12(6-3)17-10-13(7-14,8-15)9-16/h4-6,14-16H,1-3,7-10H2. The molecule has 96 valence electrons. The zero-order valence-corrected chi connectivity index (χ0v) is 9.93. The second-order valence-electron chi connectivity index (χ2n) is 3.69. The number of hydrogen-bond donors (Lipinski definition) is 3. The molecule has 0 bridgehead atoms. The summed E-state index contributed by atoms with van der Waals surface area (Å²) in [6.07, 6.45) is 4.60. The van der Waals surface area contributed by atoms with E-state index in [4.69, 9.17) is 20.1 Å². The summed E-state index contributed by atoms with van der Waals surface area (Å²) >= 11 is 0. The molecule has 0 atom stereocenters. The fraction of sp³-hybridized carbons (Fsp3) is 0.385. The Hall–Kier alpha value is -1.36. The van der Waals surface area contributed by atoms with Crippen molar-refractivity contribution in [2.24, 2.45) is 5.41 Å². The summed E-state index contributed by atoms with van der Waals surface area (Å²) in [6.45, 7) is 9.65. The predicted molar refractivity (Wildman–Crippen MR) is 67.3 cm³/mol. The minimum atomic E-state index is -1.07. The van der Waals surface area contributed by atoms with Crippen molar-refractivity contribution in [1.29, 1.82) is 0 Å². The molecule has 0 aromatic rings. The maximum absolute atomic E-state index is 9.13. The van der Waals surface area contributed by atoms with E-state index in [1.807, 2.05) is 0 Å². The van der Waals surface area contributed by atoms with Crippen molar-refractivity contribution in [2.45, 2.75) is 0 Å². The van der Waals surface area contributed by atoms with Crippen LogP contribution in [0.15, 0.2) is 49.3 Å². The van der Waals surface area contributed by atoms with Crippen LogP contribution in [0.25, 0.3) is 0 Å². The van der Waals surface area contributed by atoms with Crippen LogP contribution in [0.1, 0.15) is 0 Å². The van der Waals surface area contributed by atoms with Gasteiger partial charge in [0, 0.05) is 5.57 Å². The molecule has 0 spiro atoms. The van der Waals surface area contributed by atoms with Crippen LogP contribution in [0.5, 0.6) is 0 Å². The van der Waals surface area contributed by atoms with Crippen molar-refractivity contribution >= 4 is 0 Å². The Morgan fingerprint density at radius 3 is 1.71 bits per heavy atom. The predicted octanol–water partition coefficient (Wildman–Crippen LogP) is 0.778. The van der Waals surface area contributed by atoms with Gasteiger partial charge < -0.3 is 20.1 Å². The van der Waals surface area contributed by atoms with Gasteiger partial charge in [0.05, 0.1) is 25.2 Å². The molecule has 4 nitrogen and oxygen atoms in total. The lowest BCUT2D eigenvalue weighted by atomic mass is 9.92. The molecule has 0 aromatic carbocycles. The molecule has 0 fully saturated rings. The average Bonchev–Trinajstić information content (AvgIpc) is 2.39. The van der Waals surface area contributed by atoms with Crippen molar-refractivity contribution in [2.75, 3.05) is 26.4 Å². The van der Waals surface area contributed by atoms with Crippen LogP contribution < -0.4 is 0 Å². The van der Waals surface area contributed by atoms with Crippen molar-refractivity contribution < 1.29 is 20.1 Å². The van der Waals surface area contributed by atoms with Crippen molar-refractivity contribution in [3.8, 4) is 0 Å². The van der Waals surface area contributed by atoms with Crippen LogP contribution in [0.4, 0.5) is 0 Å². The van der Waals surface area contributed by atoms with Gasteiger partial charge in [0.25, 0.3) is 0 Å². The van der Waals surface area contributed by atoms with Gasteiger partial charge in [-0.3, -0.25) is 0 Å². The van der Waals surface area contributed by atoms with Gasteiger partial charge in [0.2, 0.25) is 0 Å². The Labute approximate surface area is 102 Å². The summed E-state index contributed by atoms with van der Waals surface area (Å²) in [6, 6.07) is 0. The zero-order chi connectivity index (χ0) is 13.3. The molecular weight excluding hydrogens is 220 g/mol. The third kappa shape index (κ3) is 4.19. The highest BCUT2D eigenvalue weighted by Gasteiger charge is 2.29. The number of aliphatic hydroxyl groups excluding tert-OH is 3. The molecule has 0 saturated carbocycles. The first-order valence-electron chi connectivity index (χ1n) is 5.20. The fourth-order valence-electron chi connectivity index (χ4n) is 1.06. The number of allylic oxidation sites excluding steroid dienone is 4. The third-order valence-corrected chi connectivity index (χ3v) is 2.45. The number of ether oxygens (including phenoxy) is 1. The van der Waals surface area contributed by atoms with Gasteiger partial charge >= 0.3 is 0 Å². The summed E-state index contributed by atoms with van der Waals surface area (Å²) in [7, 11) is 0. The quantitative estimate of drug-likeness (QED) is 0.411. The Balaban J connectivity index is 4.83. The fourth-order valence-corrected chi connectivity index (χ4v) is 1.06. The highest BCUT2D eigenvalue weighted by molar-refractivity contribution is 5.35. The van der Waals surface area contributed by atoms with E-state index in [-0.39, 0.29) is 26.4 Å². The summed E-state index contributed by atoms with van der Waals surface area (Å²) in [5, 5.41) is 27.4. The number of rotatable bonds is 9. The lowest BCUT2D eigenvalue weighted by Crippen LogP contribution is -2.38. The summed E-state index contributed by atoms with van der Waals surface area (Å²) in [5.41, 5.74) is -0.412. The topological polar surface area (TPSA) is 69.9 Å². The molecule has 0 aliphatic carbocycles. The smallest absolute Gasteiger partial charge is 0.125 e. The second kappa shape index (κ2) is 7.84. The summed E-state index contributed by atoms with van der Waals surface area (Å²) in [4.78, 5) is 0. The monoisotopic (exact) mass is 240 g/mol. The first-order chi connectivity index (χ1) is 8.12. The van der Waals surface area contributed by atoms with Crippen molar-refractivity contribution in [3.63, 3.8) is 0 Å². The summed E-state index contributed by atoms with van der Waals surface area (Å²) in [5.74, 6) is 0.440. The van der Waals surface area contributed by atoms with Crippen LogP contribution >= 0.6 is 0 Å². The number of hydrogen-bond acceptors (Lipinski definition) is 4. The van der Waals surface area contributed by atoms with E-state index in [1.54, 1.807) is 12.2 Å². The zero-order valence-electron chi connectivity index (χ0n) is 9.93. The van der Waals surface area contributed by atoms with Crippen LogP contribution in [0.2, 0.25) is 0 Å².